The first kappa shape index (κ1) is 32.7. The van der Waals surface area contributed by atoms with Gasteiger partial charge in [0.1, 0.15) is 5.75 Å². The van der Waals surface area contributed by atoms with E-state index >= 15 is 0 Å². The molecular weight excluding hydrogens is 607 g/mol. The lowest BCUT2D eigenvalue weighted by atomic mass is 9.96. The highest BCUT2D eigenvalue weighted by molar-refractivity contribution is 6.07. The lowest BCUT2D eigenvalue weighted by molar-refractivity contribution is -0.137. The number of nitrogens with one attached hydrogen (secondary N) is 1. The van der Waals surface area contributed by atoms with Crippen LogP contribution in [0.15, 0.2) is 60.8 Å². The van der Waals surface area contributed by atoms with Crippen LogP contribution >= 0.6 is 0 Å². The molecule has 0 radical (unpaired) electrons. The van der Waals surface area contributed by atoms with Crippen molar-refractivity contribution in [1.29, 1.82) is 0 Å². The number of fused-ring (bicyclic) bond motifs is 1. The van der Waals surface area contributed by atoms with Gasteiger partial charge in [0.2, 0.25) is 5.95 Å². The summed E-state index contributed by atoms with van der Waals surface area (Å²) in [6, 6.07) is 14.5. The predicted molar refractivity (Wildman–Crippen MR) is 177 cm³/mol. The molecule has 1 aromatic heterocycles. The van der Waals surface area contributed by atoms with Gasteiger partial charge in [-0.05, 0) is 105 Å². The van der Waals surface area contributed by atoms with Crippen LogP contribution in [0.1, 0.15) is 47.7 Å². The lowest BCUT2D eigenvalue weighted by Gasteiger charge is -2.26. The number of hydrogen-bond donors (Lipinski definition) is 1. The van der Waals surface area contributed by atoms with E-state index in [9.17, 15) is 18.0 Å². The first-order valence-corrected chi connectivity index (χ1v) is 16.1. The minimum Gasteiger partial charge on any atom is -0.488 e. The van der Waals surface area contributed by atoms with E-state index in [0.717, 1.165) is 98.4 Å². The fourth-order valence-corrected chi connectivity index (χ4v) is 5.90. The molecule has 0 bridgehead atoms. The summed E-state index contributed by atoms with van der Waals surface area (Å²) in [5.74, 6) is 0.749. The number of halogens is 3. The number of carbonyl (C=O) groups excluding carboxylic acids is 1. The number of amides is 1. The van der Waals surface area contributed by atoms with Gasteiger partial charge < -0.3 is 19.7 Å². The summed E-state index contributed by atoms with van der Waals surface area (Å²) in [6.45, 7) is 9.14. The molecule has 1 amide bonds. The number of rotatable bonds is 11. The zero-order valence-electron chi connectivity index (χ0n) is 26.9. The van der Waals surface area contributed by atoms with E-state index in [2.05, 4.69) is 20.2 Å². The lowest BCUT2D eigenvalue weighted by Crippen LogP contribution is -2.37. The number of alkyl halides is 3. The maximum atomic E-state index is 13.8. The molecule has 2 heterocycles. The Morgan fingerprint density at radius 3 is 2.64 bits per heavy atom. The summed E-state index contributed by atoms with van der Waals surface area (Å²) in [6.07, 6.45) is 0.0802. The van der Waals surface area contributed by atoms with E-state index in [1.54, 1.807) is 18.3 Å². The van der Waals surface area contributed by atoms with Crippen LogP contribution in [-0.2, 0) is 10.9 Å². The molecule has 1 aliphatic carbocycles. The topological polar surface area (TPSA) is 79.8 Å². The van der Waals surface area contributed by atoms with Gasteiger partial charge in [-0.1, -0.05) is 12.1 Å². The molecule has 0 spiro atoms. The van der Waals surface area contributed by atoms with Crippen molar-refractivity contribution in [1.82, 2.24) is 14.9 Å². The second kappa shape index (κ2) is 13.9. The number of ether oxygens (including phenoxy) is 2. The van der Waals surface area contributed by atoms with Crippen LogP contribution in [0.2, 0.25) is 0 Å². The van der Waals surface area contributed by atoms with Gasteiger partial charge in [0.25, 0.3) is 5.91 Å². The number of aromatic nitrogens is 2. The molecule has 6 rings (SSSR count). The Morgan fingerprint density at radius 1 is 1.11 bits per heavy atom. The number of benzene rings is 3. The Bertz CT molecular complexity index is 1740. The molecule has 8 nitrogen and oxygen atoms in total. The van der Waals surface area contributed by atoms with Crippen LogP contribution < -0.4 is 15.0 Å². The quantitative estimate of drug-likeness (QED) is 0.172. The van der Waals surface area contributed by atoms with E-state index < -0.39 is 17.6 Å². The molecule has 0 unspecified atom stereocenters. The van der Waals surface area contributed by atoms with Crippen molar-refractivity contribution in [3.8, 4) is 16.9 Å². The third kappa shape index (κ3) is 7.85. The van der Waals surface area contributed by atoms with Crippen LogP contribution in [0.25, 0.3) is 22.0 Å². The molecule has 11 heteroatoms. The summed E-state index contributed by atoms with van der Waals surface area (Å²) in [7, 11) is 1.48. The van der Waals surface area contributed by atoms with Gasteiger partial charge in [0.15, 0.2) is 0 Å². The molecule has 248 valence electrons. The fourth-order valence-electron chi connectivity index (χ4n) is 5.90. The largest absolute Gasteiger partial charge is 0.488 e. The minimum absolute atomic E-state index is 0.0767. The van der Waals surface area contributed by atoms with Crippen LogP contribution in [-0.4, -0.2) is 73.3 Å². The predicted octanol–water partition coefficient (Wildman–Crippen LogP) is 7.21. The average molecular weight is 648 g/mol. The monoisotopic (exact) mass is 647 g/mol. The maximum Gasteiger partial charge on any atom is 0.416 e. The summed E-state index contributed by atoms with van der Waals surface area (Å²) < 4.78 is 52.5. The van der Waals surface area contributed by atoms with Crippen molar-refractivity contribution in [2.24, 2.45) is 5.92 Å². The number of hydrogen-bond acceptors (Lipinski definition) is 7. The van der Waals surface area contributed by atoms with Gasteiger partial charge in [-0.2, -0.15) is 13.2 Å². The molecule has 3 aromatic carbocycles. The second-order valence-electron chi connectivity index (χ2n) is 12.4. The Morgan fingerprint density at radius 2 is 1.89 bits per heavy atom. The molecule has 47 heavy (non-hydrogen) atoms. The van der Waals surface area contributed by atoms with Crippen molar-refractivity contribution in [2.45, 2.75) is 45.4 Å². The van der Waals surface area contributed by atoms with Crippen LogP contribution in [0.4, 0.5) is 24.8 Å². The van der Waals surface area contributed by atoms with E-state index in [4.69, 9.17) is 9.47 Å². The van der Waals surface area contributed by atoms with E-state index in [1.807, 2.05) is 38.1 Å². The van der Waals surface area contributed by atoms with Crippen molar-refractivity contribution < 1.29 is 27.4 Å². The Hall–Kier alpha value is -4.22. The third-order valence-corrected chi connectivity index (χ3v) is 8.96. The summed E-state index contributed by atoms with van der Waals surface area (Å²) in [4.78, 5) is 26.6. The van der Waals surface area contributed by atoms with E-state index in [1.165, 1.54) is 18.0 Å². The maximum absolute atomic E-state index is 13.8. The van der Waals surface area contributed by atoms with Crippen LogP contribution in [0.5, 0.6) is 5.75 Å². The zero-order valence-corrected chi connectivity index (χ0v) is 26.9. The fraction of sp³-hybridized carbons (Fsp3) is 0.417. The normalized spacial score (nSPS) is 16.2. The number of anilines is 2. The van der Waals surface area contributed by atoms with E-state index in [-0.39, 0.29) is 17.5 Å². The standard InChI is InChI=1S/C36H40F3N5O3/c1-23-5-6-27(34(45)43(3)32-21-29(36(37,38)39)10-12-33(32)47-24(2)25-7-8-25)20-30(23)26-9-11-31-28(19-26)22-41-35(42-31)40-13-4-14-44-15-17-46-18-16-44/h5-6,9-12,19-22,24-25H,4,7-8,13-18H2,1-3H3,(H,40,41,42)/t24-/m1/s1. The van der Waals surface area contributed by atoms with Crippen molar-refractivity contribution >= 4 is 28.4 Å². The van der Waals surface area contributed by atoms with Gasteiger partial charge in [0, 0.05) is 43.8 Å². The molecular formula is C36H40F3N5O3. The number of aryl methyl sites for hydroxylation is 1. The van der Waals surface area contributed by atoms with Crippen molar-refractivity contribution in [2.75, 3.05) is 56.7 Å². The smallest absolute Gasteiger partial charge is 0.416 e. The number of nitrogens with zero attached hydrogens (tertiary/aromatic N) is 4. The summed E-state index contributed by atoms with van der Waals surface area (Å²) in [5.41, 5.74) is 3.04. The van der Waals surface area contributed by atoms with Gasteiger partial charge in [-0.15, -0.1) is 0 Å². The van der Waals surface area contributed by atoms with Gasteiger partial charge in [-0.25, -0.2) is 9.97 Å². The molecule has 2 aliphatic rings. The number of morpholine rings is 1. The zero-order chi connectivity index (χ0) is 33.1. The van der Waals surface area contributed by atoms with Crippen LogP contribution in [0, 0.1) is 12.8 Å². The van der Waals surface area contributed by atoms with Gasteiger partial charge >= 0.3 is 6.18 Å². The minimum atomic E-state index is -4.56. The Labute approximate surface area is 272 Å². The highest BCUT2D eigenvalue weighted by atomic mass is 19.4. The molecule has 1 saturated carbocycles. The highest BCUT2D eigenvalue weighted by Gasteiger charge is 2.34. The first-order valence-electron chi connectivity index (χ1n) is 16.1. The van der Waals surface area contributed by atoms with Gasteiger partial charge in [-0.3, -0.25) is 9.69 Å². The first-order chi connectivity index (χ1) is 22.6. The van der Waals surface area contributed by atoms with Gasteiger partial charge in [0.05, 0.1) is 36.1 Å². The number of carbonyl (C=O) groups is 1. The molecule has 1 saturated heterocycles. The van der Waals surface area contributed by atoms with E-state index in [0.29, 0.717) is 17.4 Å². The molecule has 1 N–H and O–H groups in total. The van der Waals surface area contributed by atoms with Crippen molar-refractivity contribution in [3.05, 3.63) is 77.5 Å². The third-order valence-electron chi connectivity index (χ3n) is 8.96. The second-order valence-corrected chi connectivity index (χ2v) is 12.4. The summed E-state index contributed by atoms with van der Waals surface area (Å²) in [5, 5.41) is 4.17. The highest BCUT2D eigenvalue weighted by Crippen LogP contribution is 2.40. The average Bonchev–Trinajstić information content (AvgIpc) is 3.92. The summed E-state index contributed by atoms with van der Waals surface area (Å²) >= 11 is 0. The van der Waals surface area contributed by atoms with Crippen molar-refractivity contribution in [3.63, 3.8) is 0 Å². The molecule has 2 fully saturated rings. The molecule has 4 aromatic rings. The van der Waals surface area contributed by atoms with Crippen LogP contribution in [0.3, 0.4) is 0 Å². The molecule has 1 aliphatic heterocycles. The SMILES string of the molecule is Cc1ccc(C(=O)N(C)c2cc(C(F)(F)F)ccc2O[C@H](C)C2CC2)cc1-c1ccc2nc(NCCCN3CCOCC3)ncc2c1. The molecule has 1 atom stereocenters. The Kier molecular flexibility index (Phi) is 9.65. The Balaban J connectivity index is 1.19.